The minimum atomic E-state index is -3.42. The van der Waals surface area contributed by atoms with Crippen LogP contribution in [-0.2, 0) is 10.0 Å². The highest BCUT2D eigenvalue weighted by Gasteiger charge is 2.27. The average Bonchev–Trinajstić information content (AvgIpc) is 3.59. The lowest BCUT2D eigenvalue weighted by Crippen LogP contribution is -2.41. The first-order valence-electron chi connectivity index (χ1n) is 12.9. The van der Waals surface area contributed by atoms with Crippen LogP contribution in [0.15, 0.2) is 28.5 Å². The topological polar surface area (TPSA) is 124 Å². The van der Waals surface area contributed by atoms with Crippen LogP contribution in [0, 0.1) is 11.3 Å². The van der Waals surface area contributed by atoms with Crippen molar-refractivity contribution in [2.24, 2.45) is 0 Å². The molecular weight excluding hydrogens is 478 g/mol. The number of anilines is 1. The molecule has 0 bridgehead atoms. The number of nitrogens with zero attached hydrogens (tertiary/aromatic N) is 6. The molecule has 0 aromatic carbocycles. The van der Waals surface area contributed by atoms with Crippen LogP contribution >= 0.6 is 0 Å². The molecule has 2 aromatic rings. The Labute approximate surface area is 211 Å². The molecule has 11 heteroatoms. The predicted octanol–water partition coefficient (Wildman–Crippen LogP) is 2.59. The molecule has 0 spiro atoms. The van der Waals surface area contributed by atoms with E-state index in [0.717, 1.165) is 38.8 Å². The maximum atomic E-state index is 13.0. The number of sulfonamides is 1. The Balaban J connectivity index is 1.26. The Bertz CT molecular complexity index is 1330. The maximum absolute atomic E-state index is 13.0. The number of pyridine rings is 1. The third kappa shape index (κ3) is 5.31. The molecule has 3 aliphatic rings. The Morgan fingerprint density at radius 2 is 1.81 bits per heavy atom. The molecule has 1 N–H and O–H groups in total. The van der Waals surface area contributed by atoms with Gasteiger partial charge in [0.05, 0.1) is 0 Å². The molecule has 4 heterocycles. The molecule has 0 radical (unpaired) electrons. The highest BCUT2D eigenvalue weighted by molar-refractivity contribution is 7.92. The summed E-state index contributed by atoms with van der Waals surface area (Å²) in [6.45, 7) is 3.61. The van der Waals surface area contributed by atoms with Gasteiger partial charge in [-0.25, -0.2) is 13.4 Å². The fraction of sp³-hybridized carbons (Fsp3) is 0.600. The van der Waals surface area contributed by atoms with Gasteiger partial charge in [0.15, 0.2) is 0 Å². The van der Waals surface area contributed by atoms with Crippen LogP contribution in [0.2, 0.25) is 0 Å². The molecular formula is C25H33N7O3S. The van der Waals surface area contributed by atoms with Crippen LogP contribution in [0.4, 0.5) is 5.95 Å². The zero-order chi connectivity index (χ0) is 25.1. The molecule has 2 aromatic heterocycles. The van der Waals surface area contributed by atoms with E-state index >= 15 is 0 Å². The Hall–Kier alpha value is -2.81. The molecule has 10 nitrogen and oxygen atoms in total. The van der Waals surface area contributed by atoms with Crippen molar-refractivity contribution in [1.82, 2.24) is 23.7 Å². The summed E-state index contributed by atoms with van der Waals surface area (Å²) in [4.78, 5) is 24.3. The van der Waals surface area contributed by atoms with Crippen LogP contribution in [0.3, 0.4) is 0 Å². The number of rotatable bonds is 7. The highest BCUT2D eigenvalue weighted by atomic mass is 32.2. The van der Waals surface area contributed by atoms with Crippen LogP contribution < -0.4 is 10.9 Å². The number of nitrogens with one attached hydrogen (secondary N) is 1. The second-order valence-corrected chi connectivity index (χ2v) is 11.8. The summed E-state index contributed by atoms with van der Waals surface area (Å²) in [6, 6.07) is 3.65. The Morgan fingerprint density at radius 1 is 1.08 bits per heavy atom. The van der Waals surface area contributed by atoms with Gasteiger partial charge in [-0.1, -0.05) is 18.9 Å². The summed E-state index contributed by atoms with van der Waals surface area (Å²) in [6.07, 6.45) is 11.0. The van der Waals surface area contributed by atoms with Gasteiger partial charge < -0.3 is 5.32 Å². The van der Waals surface area contributed by atoms with Gasteiger partial charge in [0, 0.05) is 48.7 Å². The lowest BCUT2D eigenvalue weighted by atomic mass is 10.1. The van der Waals surface area contributed by atoms with Crippen molar-refractivity contribution in [3.63, 3.8) is 0 Å². The van der Waals surface area contributed by atoms with Gasteiger partial charge in [-0.3, -0.25) is 14.3 Å². The normalized spacial score (nSPS) is 21.0. The number of hydrogen-bond donors (Lipinski definition) is 1. The number of aromatic nitrogens is 3. The van der Waals surface area contributed by atoms with Crippen LogP contribution in [0.5, 0.6) is 0 Å². The number of hydrogen-bond acceptors (Lipinski definition) is 8. The molecule has 0 amide bonds. The van der Waals surface area contributed by atoms with Crippen molar-refractivity contribution in [1.29, 1.82) is 5.26 Å². The minimum Gasteiger partial charge on any atom is -0.351 e. The second-order valence-electron chi connectivity index (χ2n) is 10.00. The van der Waals surface area contributed by atoms with E-state index in [9.17, 15) is 18.5 Å². The lowest BCUT2D eigenvalue weighted by molar-refractivity contribution is 0.332. The van der Waals surface area contributed by atoms with Crippen molar-refractivity contribution < 1.29 is 8.42 Å². The third-order valence-electron chi connectivity index (χ3n) is 7.56. The van der Waals surface area contributed by atoms with E-state index in [1.807, 2.05) is 6.07 Å². The molecule has 2 saturated heterocycles. The average molecular weight is 512 g/mol. The highest BCUT2D eigenvalue weighted by Crippen LogP contribution is 2.31. The summed E-state index contributed by atoms with van der Waals surface area (Å²) in [5, 5.41) is 14.8. The zero-order valence-corrected chi connectivity index (χ0v) is 21.3. The van der Waals surface area contributed by atoms with E-state index in [2.05, 4.69) is 20.2 Å². The number of likely N-dealkylation sites (tertiary alicyclic amines) is 1. The molecule has 0 atom stereocenters. The van der Waals surface area contributed by atoms with Crippen LogP contribution in [-0.4, -0.2) is 70.9 Å². The van der Waals surface area contributed by atoms with Gasteiger partial charge in [0.2, 0.25) is 16.0 Å². The van der Waals surface area contributed by atoms with E-state index in [1.165, 1.54) is 22.6 Å². The summed E-state index contributed by atoms with van der Waals surface area (Å²) in [7, 11) is -3.42. The molecule has 192 valence electrons. The van der Waals surface area contributed by atoms with Crippen molar-refractivity contribution in [3.05, 3.63) is 39.7 Å². The van der Waals surface area contributed by atoms with Crippen molar-refractivity contribution in [2.75, 3.05) is 38.0 Å². The van der Waals surface area contributed by atoms with E-state index < -0.39 is 10.0 Å². The molecule has 5 rings (SSSR count). The third-order valence-corrected chi connectivity index (χ3v) is 9.18. The number of piperidine rings is 1. The summed E-state index contributed by atoms with van der Waals surface area (Å²) in [5.41, 5.74) is 0.367. The van der Waals surface area contributed by atoms with Gasteiger partial charge in [-0.15, -0.1) is 0 Å². The minimum absolute atomic E-state index is 0.0347. The number of fused-ring (bicyclic) bond motifs is 1. The lowest BCUT2D eigenvalue weighted by Gasteiger charge is -2.30. The van der Waals surface area contributed by atoms with E-state index in [-0.39, 0.29) is 23.2 Å². The van der Waals surface area contributed by atoms with Crippen LogP contribution in [0.25, 0.3) is 11.0 Å². The zero-order valence-electron chi connectivity index (χ0n) is 20.5. The van der Waals surface area contributed by atoms with Crippen molar-refractivity contribution in [2.45, 2.75) is 63.5 Å². The first-order chi connectivity index (χ1) is 17.4. The standard InChI is InChI=1S/C25H33N7O3S/c26-17-19-16-20-18-27-25(29-23(20)32(24(19)33)22-6-1-2-7-22)28-21-8-13-31(14-9-21)36(34,35)15-5-12-30-10-3-4-11-30/h5,15-16,18,21-22H,1-4,6-14H2,(H,27,28,29)/b15-5+. The van der Waals surface area contributed by atoms with Crippen molar-refractivity contribution in [3.8, 4) is 6.07 Å². The molecule has 0 unspecified atom stereocenters. The molecule has 1 aliphatic carbocycles. The van der Waals surface area contributed by atoms with Gasteiger partial charge >= 0.3 is 0 Å². The Kier molecular flexibility index (Phi) is 7.37. The summed E-state index contributed by atoms with van der Waals surface area (Å²) in [5.74, 6) is 0.421. The smallest absolute Gasteiger partial charge is 0.270 e. The molecule has 2 aliphatic heterocycles. The fourth-order valence-corrected chi connectivity index (χ4v) is 6.79. The van der Waals surface area contributed by atoms with Crippen LogP contribution in [0.1, 0.15) is 63.0 Å². The molecule has 36 heavy (non-hydrogen) atoms. The first-order valence-corrected chi connectivity index (χ1v) is 14.4. The largest absolute Gasteiger partial charge is 0.351 e. The quantitative estimate of drug-likeness (QED) is 0.602. The maximum Gasteiger partial charge on any atom is 0.270 e. The monoisotopic (exact) mass is 511 g/mol. The number of nitriles is 1. The fourth-order valence-electron chi connectivity index (χ4n) is 5.57. The van der Waals surface area contributed by atoms with Gasteiger partial charge in [0.1, 0.15) is 17.3 Å². The Morgan fingerprint density at radius 3 is 2.50 bits per heavy atom. The van der Waals surface area contributed by atoms with Gasteiger partial charge in [-0.05, 0) is 57.7 Å². The predicted molar refractivity (Wildman–Crippen MR) is 138 cm³/mol. The van der Waals surface area contributed by atoms with Crippen molar-refractivity contribution >= 4 is 27.0 Å². The van der Waals surface area contributed by atoms with E-state index in [0.29, 0.717) is 49.5 Å². The van der Waals surface area contributed by atoms with Gasteiger partial charge in [-0.2, -0.15) is 14.6 Å². The summed E-state index contributed by atoms with van der Waals surface area (Å²) < 4.78 is 28.7. The second kappa shape index (κ2) is 10.7. The summed E-state index contributed by atoms with van der Waals surface area (Å²) >= 11 is 0. The van der Waals surface area contributed by atoms with E-state index in [1.54, 1.807) is 22.9 Å². The molecule has 1 saturated carbocycles. The van der Waals surface area contributed by atoms with E-state index in [4.69, 9.17) is 0 Å². The SMILES string of the molecule is N#Cc1cc2cnc(NC3CCN(S(=O)(=O)/C=C/CN4CCCC4)CC3)nc2n(C2CCCC2)c1=O. The molecule has 3 fully saturated rings. The van der Waals surface area contributed by atoms with Gasteiger partial charge in [0.25, 0.3) is 5.56 Å². The first kappa shape index (κ1) is 24.9.